The Balaban J connectivity index is 0.00000288. The van der Waals surface area contributed by atoms with E-state index in [1.165, 1.54) is 0 Å². The summed E-state index contributed by atoms with van der Waals surface area (Å²) in [4.78, 5) is 4.23. The van der Waals surface area contributed by atoms with E-state index in [4.69, 9.17) is 21.1 Å². The number of nitrogens with one attached hydrogen (secondary N) is 2. The molecule has 0 spiro atoms. The number of ether oxygens (including phenoxy) is 2. The minimum absolute atomic E-state index is 0. The van der Waals surface area contributed by atoms with Crippen LogP contribution in [0.3, 0.4) is 0 Å². The number of halogens is 2. The molecule has 0 amide bonds. The van der Waals surface area contributed by atoms with Gasteiger partial charge in [0.25, 0.3) is 0 Å². The van der Waals surface area contributed by atoms with Gasteiger partial charge >= 0.3 is 0 Å². The van der Waals surface area contributed by atoms with Crippen molar-refractivity contribution in [1.29, 1.82) is 0 Å². The van der Waals surface area contributed by atoms with Gasteiger partial charge in [0.1, 0.15) is 0 Å². The minimum atomic E-state index is 0. The third-order valence-electron chi connectivity index (χ3n) is 3.82. The Morgan fingerprint density at radius 2 is 2.25 bits per heavy atom. The fourth-order valence-corrected chi connectivity index (χ4v) is 2.84. The van der Waals surface area contributed by atoms with Gasteiger partial charge in [-0.2, -0.15) is 0 Å². The molecule has 2 unspecified atom stereocenters. The van der Waals surface area contributed by atoms with Crippen molar-refractivity contribution < 1.29 is 9.47 Å². The van der Waals surface area contributed by atoms with Gasteiger partial charge in [-0.3, -0.25) is 4.99 Å². The molecule has 0 saturated carbocycles. The molecule has 2 atom stereocenters. The highest BCUT2D eigenvalue weighted by molar-refractivity contribution is 14.0. The molecule has 1 heterocycles. The molecule has 0 aromatic heterocycles. The molecule has 136 valence electrons. The fourth-order valence-electron chi connectivity index (χ4n) is 2.54. The summed E-state index contributed by atoms with van der Waals surface area (Å²) in [5, 5.41) is 7.33. The molecule has 1 fully saturated rings. The number of hydrogen-bond donors (Lipinski definition) is 2. The van der Waals surface area contributed by atoms with E-state index in [0.29, 0.717) is 19.8 Å². The Morgan fingerprint density at radius 1 is 1.46 bits per heavy atom. The van der Waals surface area contributed by atoms with Gasteiger partial charge in [-0.15, -0.1) is 24.0 Å². The zero-order valence-electron chi connectivity index (χ0n) is 14.3. The first-order valence-electron chi connectivity index (χ1n) is 8.11. The lowest BCUT2D eigenvalue weighted by Crippen LogP contribution is -2.40. The highest BCUT2D eigenvalue weighted by Gasteiger charge is 2.15. The molecule has 1 aliphatic rings. The molecule has 1 aliphatic heterocycles. The molecule has 1 aromatic carbocycles. The van der Waals surface area contributed by atoms with E-state index in [-0.39, 0.29) is 36.1 Å². The first kappa shape index (κ1) is 21.5. The lowest BCUT2D eigenvalue weighted by Gasteiger charge is -2.19. The summed E-state index contributed by atoms with van der Waals surface area (Å²) in [5.41, 5.74) is 1.05. The van der Waals surface area contributed by atoms with Crippen LogP contribution in [0.5, 0.6) is 0 Å². The topological polar surface area (TPSA) is 54.9 Å². The zero-order chi connectivity index (χ0) is 16.5. The van der Waals surface area contributed by atoms with Gasteiger partial charge in [-0.1, -0.05) is 29.8 Å². The van der Waals surface area contributed by atoms with Crippen molar-refractivity contribution in [1.82, 2.24) is 10.6 Å². The third-order valence-corrected chi connectivity index (χ3v) is 4.16. The summed E-state index contributed by atoms with van der Waals surface area (Å²) in [6, 6.07) is 7.89. The first-order chi connectivity index (χ1) is 11.2. The Bertz CT molecular complexity index is 510. The quantitative estimate of drug-likeness (QED) is 0.279. The second-order valence-corrected chi connectivity index (χ2v) is 6.00. The molecule has 24 heavy (non-hydrogen) atoms. The van der Waals surface area contributed by atoms with E-state index in [0.717, 1.165) is 36.0 Å². The maximum atomic E-state index is 6.22. The molecule has 7 heteroatoms. The Kier molecular flexibility index (Phi) is 10.6. The van der Waals surface area contributed by atoms with Crippen LogP contribution < -0.4 is 10.6 Å². The van der Waals surface area contributed by atoms with Crippen molar-refractivity contribution in [2.75, 3.05) is 33.4 Å². The molecule has 0 aliphatic carbocycles. The maximum absolute atomic E-state index is 6.22. The second-order valence-electron chi connectivity index (χ2n) is 5.60. The summed E-state index contributed by atoms with van der Waals surface area (Å²) >= 11 is 6.22. The van der Waals surface area contributed by atoms with Crippen LogP contribution in [-0.4, -0.2) is 45.5 Å². The average molecular weight is 468 g/mol. The number of aliphatic imine (C=N–C) groups is 1. The van der Waals surface area contributed by atoms with Crippen molar-refractivity contribution in [3.63, 3.8) is 0 Å². The van der Waals surface area contributed by atoms with Crippen molar-refractivity contribution in [3.8, 4) is 0 Å². The van der Waals surface area contributed by atoms with Gasteiger partial charge in [-0.25, -0.2) is 0 Å². The number of guanidine groups is 1. The lowest BCUT2D eigenvalue weighted by atomic mass is 10.1. The smallest absolute Gasteiger partial charge is 0.191 e. The van der Waals surface area contributed by atoms with E-state index in [9.17, 15) is 0 Å². The zero-order valence-corrected chi connectivity index (χ0v) is 17.3. The monoisotopic (exact) mass is 467 g/mol. The number of nitrogens with zero attached hydrogens (tertiary/aromatic N) is 1. The Labute approximate surface area is 166 Å². The highest BCUT2D eigenvalue weighted by atomic mass is 127. The van der Waals surface area contributed by atoms with Crippen LogP contribution >= 0.6 is 35.6 Å². The van der Waals surface area contributed by atoms with Crippen molar-refractivity contribution >= 4 is 41.5 Å². The number of benzene rings is 1. The van der Waals surface area contributed by atoms with Crippen molar-refractivity contribution in [3.05, 3.63) is 34.9 Å². The molecule has 2 rings (SSSR count). The van der Waals surface area contributed by atoms with Crippen LogP contribution in [0.4, 0.5) is 0 Å². The molecule has 5 nitrogen and oxygen atoms in total. The highest BCUT2D eigenvalue weighted by Crippen LogP contribution is 2.21. The molecule has 2 N–H and O–H groups in total. The Morgan fingerprint density at radius 3 is 2.92 bits per heavy atom. The molecule has 1 aromatic rings. The van der Waals surface area contributed by atoms with E-state index >= 15 is 0 Å². The second kappa shape index (κ2) is 11.9. The van der Waals surface area contributed by atoms with Crippen LogP contribution in [-0.2, 0) is 9.47 Å². The van der Waals surface area contributed by atoms with Crippen LogP contribution in [0, 0.1) is 0 Å². The predicted octanol–water partition coefficient (Wildman–Crippen LogP) is 3.38. The van der Waals surface area contributed by atoms with Crippen LogP contribution in [0.15, 0.2) is 29.3 Å². The fraction of sp³-hybridized carbons (Fsp3) is 0.588. The van der Waals surface area contributed by atoms with Crippen molar-refractivity contribution in [2.24, 2.45) is 4.99 Å². The van der Waals surface area contributed by atoms with Crippen LogP contribution in [0.25, 0.3) is 0 Å². The number of hydrogen-bond acceptors (Lipinski definition) is 3. The molecular formula is C17H27ClIN3O2. The van der Waals surface area contributed by atoms with Gasteiger partial charge in [0, 0.05) is 25.2 Å². The van der Waals surface area contributed by atoms with Gasteiger partial charge in [-0.05, 0) is 31.4 Å². The first-order valence-corrected chi connectivity index (χ1v) is 8.49. The minimum Gasteiger partial charge on any atom is -0.377 e. The number of rotatable bonds is 7. The normalized spacial score (nSPS) is 18.8. The standard InChI is InChI=1S/C17H26ClN3O2.HI/c1-13(15-7-3-4-8-16(15)18)21-17(19-2)20-9-11-22-12-14-6-5-10-23-14;/h3-4,7-8,13-14H,5-6,9-12H2,1-2H3,(H2,19,20,21);1H. The summed E-state index contributed by atoms with van der Waals surface area (Å²) < 4.78 is 11.2. The lowest BCUT2D eigenvalue weighted by molar-refractivity contribution is 0.0191. The summed E-state index contributed by atoms with van der Waals surface area (Å²) in [6.07, 6.45) is 2.52. The summed E-state index contributed by atoms with van der Waals surface area (Å²) in [7, 11) is 1.75. The van der Waals surface area contributed by atoms with Crippen LogP contribution in [0.1, 0.15) is 31.4 Å². The van der Waals surface area contributed by atoms with Crippen LogP contribution in [0.2, 0.25) is 5.02 Å². The van der Waals surface area contributed by atoms with Crippen molar-refractivity contribution in [2.45, 2.75) is 31.9 Å². The third kappa shape index (κ3) is 7.13. The summed E-state index contributed by atoms with van der Waals surface area (Å²) in [5.74, 6) is 0.734. The van der Waals surface area contributed by atoms with E-state index in [1.54, 1.807) is 7.05 Å². The molecule has 0 radical (unpaired) electrons. The predicted molar refractivity (Wildman–Crippen MR) is 110 cm³/mol. The summed E-state index contributed by atoms with van der Waals surface area (Å²) in [6.45, 7) is 4.91. The maximum Gasteiger partial charge on any atom is 0.191 e. The largest absolute Gasteiger partial charge is 0.377 e. The van der Waals surface area contributed by atoms with E-state index < -0.39 is 0 Å². The average Bonchev–Trinajstić information content (AvgIpc) is 3.07. The Hall–Kier alpha value is -0.570. The van der Waals surface area contributed by atoms with Gasteiger partial charge in [0.2, 0.25) is 0 Å². The molecular weight excluding hydrogens is 441 g/mol. The molecule has 0 bridgehead atoms. The van der Waals surface area contributed by atoms with Gasteiger partial charge in [0.15, 0.2) is 5.96 Å². The molecule has 1 saturated heterocycles. The van der Waals surface area contributed by atoms with Gasteiger partial charge in [0.05, 0.1) is 25.4 Å². The van der Waals surface area contributed by atoms with E-state index in [2.05, 4.69) is 22.5 Å². The van der Waals surface area contributed by atoms with Gasteiger partial charge < -0.3 is 20.1 Å². The van der Waals surface area contributed by atoms with E-state index in [1.807, 2.05) is 24.3 Å². The SMILES string of the molecule is CN=C(NCCOCC1CCCO1)NC(C)c1ccccc1Cl.I.